The minimum absolute atomic E-state index is 0. The van der Waals surface area contributed by atoms with E-state index in [1.54, 1.807) is 0 Å². The van der Waals surface area contributed by atoms with E-state index in [1.165, 1.54) is 12.1 Å². The summed E-state index contributed by atoms with van der Waals surface area (Å²) in [5.41, 5.74) is 6.05. The molecule has 0 radical (unpaired) electrons. The van der Waals surface area contributed by atoms with E-state index in [4.69, 9.17) is 5.73 Å². The second kappa shape index (κ2) is 7.38. The molecule has 21 heavy (non-hydrogen) atoms. The lowest BCUT2D eigenvalue weighted by molar-refractivity contribution is 0.548. The molecule has 1 aromatic carbocycles. The summed E-state index contributed by atoms with van der Waals surface area (Å²) < 4.78 is 26.8. The van der Waals surface area contributed by atoms with Crippen molar-refractivity contribution in [2.45, 2.75) is 44.6 Å². The molecule has 0 bridgehead atoms. The van der Waals surface area contributed by atoms with Crippen LogP contribution in [0.4, 0.5) is 8.78 Å². The molecule has 118 valence electrons. The summed E-state index contributed by atoms with van der Waals surface area (Å²) in [6, 6.07) is 4.00. The molecular weight excluding hydrogens is 387 g/mol. The number of benzene rings is 1. The predicted octanol–water partition coefficient (Wildman–Crippen LogP) is 3.32. The van der Waals surface area contributed by atoms with Crippen LogP contribution in [0.3, 0.4) is 0 Å². The van der Waals surface area contributed by atoms with Gasteiger partial charge in [0.15, 0.2) is 5.96 Å². The van der Waals surface area contributed by atoms with Gasteiger partial charge in [-0.3, -0.25) is 4.99 Å². The topological polar surface area (TPSA) is 50.4 Å². The summed E-state index contributed by atoms with van der Waals surface area (Å²) in [6.07, 6.45) is 2.67. The zero-order chi connectivity index (χ0) is 14.8. The summed E-state index contributed by atoms with van der Waals surface area (Å²) in [5, 5.41) is 3.08. The maximum absolute atomic E-state index is 13.8. The minimum atomic E-state index is -0.552. The third kappa shape index (κ3) is 4.52. The van der Waals surface area contributed by atoms with E-state index in [-0.39, 0.29) is 35.4 Å². The van der Waals surface area contributed by atoms with Gasteiger partial charge >= 0.3 is 0 Å². The molecule has 1 aliphatic carbocycles. The molecule has 3 N–H and O–H groups in total. The Labute approximate surface area is 141 Å². The van der Waals surface area contributed by atoms with Crippen LogP contribution in [0.15, 0.2) is 23.2 Å². The minimum Gasteiger partial charge on any atom is -0.370 e. The largest absolute Gasteiger partial charge is 0.370 e. The van der Waals surface area contributed by atoms with Crippen LogP contribution < -0.4 is 11.1 Å². The quantitative estimate of drug-likeness (QED) is 0.446. The smallest absolute Gasteiger partial charge is 0.188 e. The van der Waals surface area contributed by atoms with Crippen LogP contribution in [0.5, 0.6) is 0 Å². The van der Waals surface area contributed by atoms with Crippen molar-refractivity contribution in [2.75, 3.05) is 6.54 Å². The Morgan fingerprint density at radius 1 is 1.43 bits per heavy atom. The maximum atomic E-state index is 13.8. The van der Waals surface area contributed by atoms with Gasteiger partial charge in [0.1, 0.15) is 11.6 Å². The van der Waals surface area contributed by atoms with Crippen LogP contribution in [0.1, 0.15) is 38.7 Å². The van der Waals surface area contributed by atoms with Crippen LogP contribution in [-0.2, 0) is 5.41 Å². The fraction of sp³-hybridized carbons (Fsp3) is 0.533. The van der Waals surface area contributed by atoms with Gasteiger partial charge in [0.05, 0.1) is 6.54 Å². The number of guanidine groups is 1. The second-order valence-corrected chi connectivity index (χ2v) is 5.56. The Morgan fingerprint density at radius 3 is 2.62 bits per heavy atom. The van der Waals surface area contributed by atoms with Crippen molar-refractivity contribution in [3.8, 4) is 0 Å². The molecule has 1 aromatic rings. The number of nitrogens with one attached hydrogen (secondary N) is 1. The average Bonchev–Trinajstić information content (AvgIpc) is 3.17. The van der Waals surface area contributed by atoms with E-state index in [9.17, 15) is 8.78 Å². The van der Waals surface area contributed by atoms with Crippen molar-refractivity contribution >= 4 is 29.9 Å². The van der Waals surface area contributed by atoms with Crippen LogP contribution in [-0.4, -0.2) is 18.5 Å². The van der Waals surface area contributed by atoms with E-state index >= 15 is 0 Å². The molecule has 2 rings (SSSR count). The van der Waals surface area contributed by atoms with Crippen LogP contribution in [0, 0.1) is 11.6 Å². The lowest BCUT2D eigenvalue weighted by Gasteiger charge is -2.16. The number of hydrogen-bond donors (Lipinski definition) is 2. The van der Waals surface area contributed by atoms with Gasteiger partial charge < -0.3 is 11.1 Å². The number of nitrogens with zero attached hydrogens (tertiary/aromatic N) is 1. The molecule has 0 spiro atoms. The molecule has 1 unspecified atom stereocenters. The van der Waals surface area contributed by atoms with Crippen molar-refractivity contribution in [2.24, 2.45) is 10.7 Å². The van der Waals surface area contributed by atoms with Gasteiger partial charge in [-0.2, -0.15) is 0 Å². The molecule has 1 fully saturated rings. The number of aliphatic imine (C=N–C) groups is 1. The highest BCUT2D eigenvalue weighted by atomic mass is 127. The lowest BCUT2D eigenvalue weighted by atomic mass is 9.95. The molecule has 0 heterocycles. The third-order valence-corrected chi connectivity index (χ3v) is 3.91. The van der Waals surface area contributed by atoms with E-state index < -0.39 is 11.6 Å². The zero-order valence-corrected chi connectivity index (χ0v) is 14.7. The van der Waals surface area contributed by atoms with Gasteiger partial charge in [-0.1, -0.05) is 13.0 Å². The molecule has 1 aliphatic rings. The van der Waals surface area contributed by atoms with Gasteiger partial charge in [-0.25, -0.2) is 8.78 Å². The first-order valence-corrected chi connectivity index (χ1v) is 6.99. The molecule has 3 nitrogen and oxygen atoms in total. The highest BCUT2D eigenvalue weighted by molar-refractivity contribution is 14.0. The van der Waals surface area contributed by atoms with E-state index in [0.717, 1.165) is 25.3 Å². The highest BCUT2D eigenvalue weighted by Gasteiger charge is 2.46. The van der Waals surface area contributed by atoms with Gasteiger partial charge in [-0.05, 0) is 37.8 Å². The highest BCUT2D eigenvalue weighted by Crippen LogP contribution is 2.49. The molecular formula is C15H22F2IN3. The van der Waals surface area contributed by atoms with E-state index in [1.807, 2.05) is 6.92 Å². The van der Waals surface area contributed by atoms with E-state index in [2.05, 4.69) is 17.2 Å². The lowest BCUT2D eigenvalue weighted by Crippen LogP contribution is -2.38. The molecule has 0 amide bonds. The average molecular weight is 409 g/mol. The molecule has 1 saturated carbocycles. The van der Waals surface area contributed by atoms with Gasteiger partial charge in [-0.15, -0.1) is 24.0 Å². The Balaban J connectivity index is 0.00000220. The van der Waals surface area contributed by atoms with E-state index in [0.29, 0.717) is 18.1 Å². The first kappa shape index (κ1) is 18.1. The molecule has 1 atom stereocenters. The van der Waals surface area contributed by atoms with Crippen molar-refractivity contribution in [1.29, 1.82) is 0 Å². The summed E-state index contributed by atoms with van der Waals surface area (Å²) >= 11 is 0. The fourth-order valence-corrected chi connectivity index (χ4v) is 2.22. The number of nitrogens with two attached hydrogens (primary N) is 1. The van der Waals surface area contributed by atoms with Crippen molar-refractivity contribution in [3.05, 3.63) is 35.4 Å². The predicted molar refractivity (Wildman–Crippen MR) is 92.1 cm³/mol. The van der Waals surface area contributed by atoms with Crippen molar-refractivity contribution < 1.29 is 8.78 Å². The monoisotopic (exact) mass is 409 g/mol. The van der Waals surface area contributed by atoms with Crippen LogP contribution in [0.2, 0.25) is 0 Å². The molecule has 0 aliphatic heterocycles. The van der Waals surface area contributed by atoms with Gasteiger partial charge in [0.25, 0.3) is 0 Å². The summed E-state index contributed by atoms with van der Waals surface area (Å²) in [6.45, 7) is 4.51. The normalized spacial score (nSPS) is 17.8. The second-order valence-electron chi connectivity index (χ2n) is 5.56. The summed E-state index contributed by atoms with van der Waals surface area (Å²) in [4.78, 5) is 4.31. The number of halogens is 3. The molecule has 0 aromatic heterocycles. The van der Waals surface area contributed by atoms with Crippen LogP contribution in [0.25, 0.3) is 0 Å². The number of hydrogen-bond acceptors (Lipinski definition) is 1. The first-order valence-electron chi connectivity index (χ1n) is 6.99. The Morgan fingerprint density at radius 2 is 2.10 bits per heavy atom. The van der Waals surface area contributed by atoms with Crippen molar-refractivity contribution in [1.82, 2.24) is 5.32 Å². The van der Waals surface area contributed by atoms with Gasteiger partial charge in [0.2, 0.25) is 0 Å². The maximum Gasteiger partial charge on any atom is 0.188 e. The molecule has 6 heteroatoms. The third-order valence-electron chi connectivity index (χ3n) is 3.91. The Bertz CT molecular complexity index is 516. The molecule has 0 saturated heterocycles. The SMILES string of the molecule is CCC(C)NC(N)=NCC1(c2ccc(F)cc2F)CC1.I. The standard InChI is InChI=1S/C15H21F2N3.HI/c1-3-10(2)20-14(18)19-9-15(6-7-15)12-5-4-11(16)8-13(12)17;/h4-5,8,10H,3,6-7,9H2,1-2H3,(H3,18,19,20);1H. The number of rotatable bonds is 5. The summed E-state index contributed by atoms with van der Waals surface area (Å²) in [5.74, 6) is -0.664. The summed E-state index contributed by atoms with van der Waals surface area (Å²) in [7, 11) is 0. The first-order chi connectivity index (χ1) is 9.47. The zero-order valence-electron chi connectivity index (χ0n) is 12.3. The van der Waals surface area contributed by atoms with Crippen LogP contribution >= 0.6 is 24.0 Å². The Hall–Kier alpha value is -0.920. The Kier molecular flexibility index (Phi) is 6.37. The van der Waals surface area contributed by atoms with Crippen molar-refractivity contribution in [3.63, 3.8) is 0 Å². The van der Waals surface area contributed by atoms with Gasteiger partial charge in [0, 0.05) is 17.5 Å². The fourth-order valence-electron chi connectivity index (χ4n) is 2.22.